The molecule has 0 heterocycles. The van der Waals surface area contributed by atoms with Crippen LogP contribution >= 0.6 is 23.2 Å². The highest BCUT2D eigenvalue weighted by atomic mass is 35.5. The Balaban J connectivity index is 2.30. The van der Waals surface area contributed by atoms with E-state index in [2.05, 4.69) is 6.92 Å². The van der Waals surface area contributed by atoms with Crippen molar-refractivity contribution in [2.45, 2.75) is 17.2 Å². The Labute approximate surface area is 53.8 Å². The number of halogens is 2. The fraction of sp³-hybridized carbons (Fsp3) is 0.800. The van der Waals surface area contributed by atoms with Gasteiger partial charge in [0, 0.05) is 0 Å². The zero-order valence-electron chi connectivity index (χ0n) is 3.95. The fourth-order valence-corrected chi connectivity index (χ4v) is 1.17. The van der Waals surface area contributed by atoms with Gasteiger partial charge in [0.05, 0.1) is 0 Å². The van der Waals surface area contributed by atoms with Crippen LogP contribution in [0.3, 0.4) is 0 Å². The molecule has 1 unspecified atom stereocenters. The maximum atomic E-state index is 5.63. The van der Waals surface area contributed by atoms with Crippen LogP contribution in [0.25, 0.3) is 0 Å². The third-order valence-electron chi connectivity index (χ3n) is 1.30. The zero-order chi connectivity index (χ0) is 5.49. The van der Waals surface area contributed by atoms with Crippen LogP contribution in [-0.4, -0.2) is 4.33 Å². The average Bonchev–Trinajstić information content (AvgIpc) is 2.13. The molecule has 7 heavy (non-hydrogen) atoms. The Morgan fingerprint density at radius 2 is 2.14 bits per heavy atom. The van der Waals surface area contributed by atoms with Crippen LogP contribution < -0.4 is 0 Å². The molecular weight excluding hydrogens is 131 g/mol. The summed E-state index contributed by atoms with van der Waals surface area (Å²) < 4.78 is -0.401. The van der Waals surface area contributed by atoms with Gasteiger partial charge < -0.3 is 0 Å². The third kappa shape index (κ3) is 1.03. The highest BCUT2D eigenvalue weighted by molar-refractivity contribution is 6.50. The number of rotatable bonds is 1. The SMILES string of the molecule is [CH2]CC1CC1(Cl)Cl. The Kier molecular flexibility index (Phi) is 1.25. The molecule has 0 N–H and O–H groups in total. The van der Waals surface area contributed by atoms with Crippen LogP contribution in [0.2, 0.25) is 0 Å². The quantitative estimate of drug-likeness (QED) is 0.488. The molecule has 0 aliphatic heterocycles. The average molecular weight is 138 g/mol. The normalized spacial score (nSPS) is 35.6. The Hall–Kier alpha value is 0.580. The Morgan fingerprint density at radius 1 is 1.71 bits per heavy atom. The first-order valence-corrected chi connectivity index (χ1v) is 3.09. The molecule has 1 saturated carbocycles. The minimum Gasteiger partial charge on any atom is -0.101 e. The van der Waals surface area contributed by atoms with Gasteiger partial charge in [0.25, 0.3) is 0 Å². The van der Waals surface area contributed by atoms with E-state index in [-0.39, 0.29) is 0 Å². The third-order valence-corrected chi connectivity index (χ3v) is 2.23. The van der Waals surface area contributed by atoms with Crippen LogP contribution in [-0.2, 0) is 0 Å². The van der Waals surface area contributed by atoms with Gasteiger partial charge in [-0.05, 0) is 18.8 Å². The molecule has 0 spiro atoms. The van der Waals surface area contributed by atoms with E-state index in [0.717, 1.165) is 12.8 Å². The van der Waals surface area contributed by atoms with Crippen LogP contribution in [0.1, 0.15) is 12.8 Å². The van der Waals surface area contributed by atoms with Gasteiger partial charge in [-0.2, -0.15) is 0 Å². The first-order valence-electron chi connectivity index (χ1n) is 2.34. The van der Waals surface area contributed by atoms with Gasteiger partial charge in [-0.15, -0.1) is 23.2 Å². The molecule has 41 valence electrons. The van der Waals surface area contributed by atoms with Gasteiger partial charge >= 0.3 is 0 Å². The molecule has 2 heteroatoms. The number of hydrogen-bond acceptors (Lipinski definition) is 0. The molecule has 0 bridgehead atoms. The molecule has 1 radical (unpaired) electrons. The number of hydrogen-bond donors (Lipinski definition) is 0. The summed E-state index contributed by atoms with van der Waals surface area (Å²) in [7, 11) is 0. The summed E-state index contributed by atoms with van der Waals surface area (Å²) in [5, 5.41) is 0. The van der Waals surface area contributed by atoms with Crippen molar-refractivity contribution in [3.8, 4) is 0 Å². The molecule has 1 rings (SSSR count). The van der Waals surface area contributed by atoms with Crippen molar-refractivity contribution in [3.63, 3.8) is 0 Å². The monoisotopic (exact) mass is 137 g/mol. The first kappa shape index (κ1) is 5.71. The van der Waals surface area contributed by atoms with E-state index >= 15 is 0 Å². The van der Waals surface area contributed by atoms with E-state index in [1.807, 2.05) is 0 Å². The summed E-state index contributed by atoms with van der Waals surface area (Å²) in [5.41, 5.74) is 0. The van der Waals surface area contributed by atoms with E-state index < -0.39 is 4.33 Å². The zero-order valence-corrected chi connectivity index (χ0v) is 5.47. The number of alkyl halides is 2. The molecule has 1 aliphatic rings. The molecule has 1 atom stereocenters. The maximum Gasteiger partial charge on any atom is 0.121 e. The molecule has 0 aromatic heterocycles. The highest BCUT2D eigenvalue weighted by Crippen LogP contribution is 2.54. The second-order valence-corrected chi connectivity index (χ2v) is 3.49. The molecular formula is C5H7Cl2. The van der Waals surface area contributed by atoms with Gasteiger partial charge in [0.15, 0.2) is 0 Å². The van der Waals surface area contributed by atoms with Gasteiger partial charge in [-0.25, -0.2) is 0 Å². The van der Waals surface area contributed by atoms with Gasteiger partial charge in [-0.3, -0.25) is 0 Å². The lowest BCUT2D eigenvalue weighted by Gasteiger charge is -1.89. The van der Waals surface area contributed by atoms with E-state index in [4.69, 9.17) is 23.2 Å². The fourth-order valence-electron chi connectivity index (χ4n) is 0.583. The van der Waals surface area contributed by atoms with Crippen LogP contribution in [0.5, 0.6) is 0 Å². The van der Waals surface area contributed by atoms with Crippen molar-refractivity contribution in [2.75, 3.05) is 0 Å². The first-order chi connectivity index (χ1) is 3.17. The van der Waals surface area contributed by atoms with Crippen molar-refractivity contribution in [2.24, 2.45) is 5.92 Å². The Bertz CT molecular complexity index is 78.1. The van der Waals surface area contributed by atoms with Crippen molar-refractivity contribution in [1.29, 1.82) is 0 Å². The second-order valence-electron chi connectivity index (χ2n) is 1.95. The van der Waals surface area contributed by atoms with Crippen molar-refractivity contribution in [1.82, 2.24) is 0 Å². The molecule has 0 saturated heterocycles. The van der Waals surface area contributed by atoms with E-state index in [1.165, 1.54) is 0 Å². The summed E-state index contributed by atoms with van der Waals surface area (Å²) >= 11 is 11.3. The largest absolute Gasteiger partial charge is 0.121 e. The summed E-state index contributed by atoms with van der Waals surface area (Å²) in [4.78, 5) is 0. The predicted octanol–water partition coefficient (Wildman–Crippen LogP) is 2.40. The second kappa shape index (κ2) is 1.53. The van der Waals surface area contributed by atoms with Crippen molar-refractivity contribution < 1.29 is 0 Å². The summed E-state index contributed by atoms with van der Waals surface area (Å²) in [6, 6.07) is 0. The molecule has 0 aromatic carbocycles. The van der Waals surface area contributed by atoms with Gasteiger partial charge in [0.1, 0.15) is 4.33 Å². The molecule has 0 aromatic rings. The minimum atomic E-state index is -0.401. The lowest BCUT2D eigenvalue weighted by molar-refractivity contribution is 0.846. The minimum absolute atomic E-state index is 0.401. The molecule has 1 fully saturated rings. The maximum absolute atomic E-state index is 5.63. The highest BCUT2D eigenvalue weighted by Gasteiger charge is 2.49. The summed E-state index contributed by atoms with van der Waals surface area (Å²) in [5.74, 6) is 0.468. The molecule has 0 amide bonds. The standard InChI is InChI=1S/C5H7Cl2/c1-2-4-3-5(4,6)7/h4H,1-3H2. The Morgan fingerprint density at radius 3 is 2.14 bits per heavy atom. The molecule has 1 aliphatic carbocycles. The van der Waals surface area contributed by atoms with Crippen LogP contribution in [0.15, 0.2) is 0 Å². The van der Waals surface area contributed by atoms with Crippen LogP contribution in [0.4, 0.5) is 0 Å². The lowest BCUT2D eigenvalue weighted by atomic mass is 10.3. The smallest absolute Gasteiger partial charge is 0.101 e. The summed E-state index contributed by atoms with van der Waals surface area (Å²) in [6.45, 7) is 3.67. The molecule has 0 nitrogen and oxygen atoms in total. The van der Waals surface area contributed by atoms with E-state index in [9.17, 15) is 0 Å². The van der Waals surface area contributed by atoms with Gasteiger partial charge in [0.2, 0.25) is 0 Å². The topological polar surface area (TPSA) is 0 Å². The lowest BCUT2D eigenvalue weighted by Crippen LogP contribution is -1.86. The summed E-state index contributed by atoms with van der Waals surface area (Å²) in [6.07, 6.45) is 1.80. The van der Waals surface area contributed by atoms with E-state index in [1.54, 1.807) is 0 Å². The predicted molar refractivity (Wildman–Crippen MR) is 32.5 cm³/mol. The van der Waals surface area contributed by atoms with Crippen molar-refractivity contribution in [3.05, 3.63) is 6.92 Å². The van der Waals surface area contributed by atoms with Crippen LogP contribution in [0, 0.1) is 12.8 Å². The van der Waals surface area contributed by atoms with Gasteiger partial charge in [-0.1, -0.05) is 6.92 Å². The van der Waals surface area contributed by atoms with E-state index in [0.29, 0.717) is 5.92 Å². The van der Waals surface area contributed by atoms with Crippen molar-refractivity contribution >= 4 is 23.2 Å².